The van der Waals surface area contributed by atoms with Crippen molar-refractivity contribution in [2.45, 2.75) is 17.6 Å². The summed E-state index contributed by atoms with van der Waals surface area (Å²) in [5.41, 5.74) is 3.64. The zero-order chi connectivity index (χ0) is 25.3. The second-order valence-electron chi connectivity index (χ2n) is 8.15. The van der Waals surface area contributed by atoms with Crippen molar-refractivity contribution in [1.29, 1.82) is 0 Å². The fourth-order valence-corrected chi connectivity index (χ4v) is 4.35. The molecule has 0 bridgehead atoms. The van der Waals surface area contributed by atoms with E-state index in [1.807, 2.05) is 55.5 Å². The van der Waals surface area contributed by atoms with E-state index >= 15 is 0 Å². The van der Waals surface area contributed by atoms with Gasteiger partial charge in [-0.15, -0.1) is 11.8 Å². The fraction of sp³-hybridized carbons (Fsp3) is 0.0667. The van der Waals surface area contributed by atoms with Crippen LogP contribution in [0.15, 0.2) is 114 Å². The zero-order valence-corrected chi connectivity index (χ0v) is 20.5. The highest BCUT2D eigenvalue weighted by atomic mass is 32.2. The maximum atomic E-state index is 13.9. The van der Waals surface area contributed by atoms with Crippen molar-refractivity contribution in [1.82, 2.24) is 5.32 Å². The number of halogens is 1. The lowest BCUT2D eigenvalue weighted by atomic mass is 10.1. The van der Waals surface area contributed by atoms with E-state index in [2.05, 4.69) is 10.6 Å². The standard InChI is InChI=1S/C30H25FN2O2S/c1-21-14-16-22(17-15-21)18-28(33-29(34)23-8-3-2-4-9-23)30(35)32-25-11-7-12-26(19-25)36-20-24-10-5-6-13-27(24)31/h2-19H,20H2,1H3,(H,32,35)(H,33,34)/b28-18+. The third-order valence-electron chi connectivity index (χ3n) is 5.36. The Morgan fingerprint density at radius 1 is 0.861 bits per heavy atom. The number of thioether (sulfide) groups is 1. The monoisotopic (exact) mass is 496 g/mol. The van der Waals surface area contributed by atoms with Gasteiger partial charge in [0.1, 0.15) is 11.5 Å². The third-order valence-corrected chi connectivity index (χ3v) is 6.40. The first kappa shape index (κ1) is 24.9. The van der Waals surface area contributed by atoms with Gasteiger partial charge in [0.25, 0.3) is 11.8 Å². The minimum Gasteiger partial charge on any atom is -0.321 e. The molecule has 2 amide bonds. The molecule has 4 aromatic rings. The molecular weight excluding hydrogens is 471 g/mol. The molecule has 180 valence electrons. The van der Waals surface area contributed by atoms with Gasteiger partial charge in [0, 0.05) is 21.9 Å². The van der Waals surface area contributed by atoms with Crippen LogP contribution in [-0.2, 0) is 10.5 Å². The van der Waals surface area contributed by atoms with Gasteiger partial charge in [0.15, 0.2) is 0 Å². The molecule has 4 rings (SSSR count). The molecular formula is C30H25FN2O2S. The summed E-state index contributed by atoms with van der Waals surface area (Å²) in [6, 6.07) is 30.4. The quantitative estimate of drug-likeness (QED) is 0.207. The topological polar surface area (TPSA) is 58.2 Å². The summed E-state index contributed by atoms with van der Waals surface area (Å²) in [5, 5.41) is 5.62. The fourth-order valence-electron chi connectivity index (χ4n) is 3.41. The number of aryl methyl sites for hydroxylation is 1. The van der Waals surface area contributed by atoms with Crippen LogP contribution in [0.25, 0.3) is 6.08 Å². The molecule has 0 atom stereocenters. The molecule has 0 heterocycles. The van der Waals surface area contributed by atoms with Crippen LogP contribution in [0.1, 0.15) is 27.0 Å². The average molecular weight is 497 g/mol. The average Bonchev–Trinajstić information content (AvgIpc) is 2.90. The molecule has 4 aromatic carbocycles. The molecule has 0 fully saturated rings. The largest absolute Gasteiger partial charge is 0.321 e. The molecule has 0 saturated heterocycles. The lowest BCUT2D eigenvalue weighted by Crippen LogP contribution is -2.30. The molecule has 0 radical (unpaired) electrons. The van der Waals surface area contributed by atoms with E-state index in [9.17, 15) is 14.0 Å². The van der Waals surface area contributed by atoms with Crippen molar-refractivity contribution in [2.75, 3.05) is 5.32 Å². The first-order valence-corrected chi connectivity index (χ1v) is 12.4. The van der Waals surface area contributed by atoms with E-state index < -0.39 is 5.91 Å². The number of benzene rings is 4. The predicted molar refractivity (Wildman–Crippen MR) is 144 cm³/mol. The van der Waals surface area contributed by atoms with E-state index in [4.69, 9.17) is 0 Å². The van der Waals surface area contributed by atoms with Crippen LogP contribution in [0.3, 0.4) is 0 Å². The van der Waals surface area contributed by atoms with E-state index in [1.165, 1.54) is 17.8 Å². The van der Waals surface area contributed by atoms with Gasteiger partial charge in [-0.2, -0.15) is 0 Å². The van der Waals surface area contributed by atoms with E-state index in [1.54, 1.807) is 54.6 Å². The Labute approximate surface area is 214 Å². The van der Waals surface area contributed by atoms with Crippen LogP contribution in [0.5, 0.6) is 0 Å². The lowest BCUT2D eigenvalue weighted by Gasteiger charge is -2.12. The van der Waals surface area contributed by atoms with Crippen molar-refractivity contribution in [3.8, 4) is 0 Å². The summed E-state index contributed by atoms with van der Waals surface area (Å²) in [7, 11) is 0. The second-order valence-corrected chi connectivity index (χ2v) is 9.20. The van der Waals surface area contributed by atoms with Crippen LogP contribution in [0.4, 0.5) is 10.1 Å². The van der Waals surface area contributed by atoms with Crippen molar-refractivity contribution >= 4 is 35.3 Å². The highest BCUT2D eigenvalue weighted by molar-refractivity contribution is 7.98. The Kier molecular flexibility index (Phi) is 8.32. The molecule has 0 aliphatic rings. The second kappa shape index (κ2) is 12.0. The Balaban J connectivity index is 1.51. The normalized spacial score (nSPS) is 11.1. The van der Waals surface area contributed by atoms with Crippen molar-refractivity contribution in [2.24, 2.45) is 0 Å². The van der Waals surface area contributed by atoms with Gasteiger partial charge >= 0.3 is 0 Å². The molecule has 0 unspecified atom stereocenters. The van der Waals surface area contributed by atoms with Crippen LogP contribution in [0.2, 0.25) is 0 Å². The van der Waals surface area contributed by atoms with E-state index in [-0.39, 0.29) is 17.4 Å². The molecule has 2 N–H and O–H groups in total. The van der Waals surface area contributed by atoms with E-state index in [0.29, 0.717) is 22.6 Å². The first-order chi connectivity index (χ1) is 17.5. The summed E-state index contributed by atoms with van der Waals surface area (Å²) in [6.07, 6.45) is 1.65. The predicted octanol–water partition coefficient (Wildman–Crippen LogP) is 6.84. The number of anilines is 1. The lowest BCUT2D eigenvalue weighted by molar-refractivity contribution is -0.113. The summed E-state index contributed by atoms with van der Waals surface area (Å²) in [4.78, 5) is 26.9. The third kappa shape index (κ3) is 6.93. The zero-order valence-electron chi connectivity index (χ0n) is 19.7. The van der Waals surface area contributed by atoms with Crippen LogP contribution >= 0.6 is 11.8 Å². The number of hydrogen-bond donors (Lipinski definition) is 2. The van der Waals surface area contributed by atoms with Gasteiger partial charge in [0.05, 0.1) is 0 Å². The van der Waals surface area contributed by atoms with Gasteiger partial charge in [0.2, 0.25) is 0 Å². The molecule has 0 aromatic heterocycles. The SMILES string of the molecule is Cc1ccc(/C=C(/NC(=O)c2ccccc2)C(=O)Nc2cccc(SCc3ccccc3F)c2)cc1. The van der Waals surface area contributed by atoms with Crippen molar-refractivity contribution < 1.29 is 14.0 Å². The Morgan fingerprint density at radius 2 is 1.58 bits per heavy atom. The molecule has 36 heavy (non-hydrogen) atoms. The number of carbonyl (C=O) groups excluding carboxylic acids is 2. The molecule has 0 saturated carbocycles. The number of carbonyl (C=O) groups is 2. The summed E-state index contributed by atoms with van der Waals surface area (Å²) in [5.74, 6) is -0.598. The van der Waals surface area contributed by atoms with Gasteiger partial charge in [-0.1, -0.05) is 72.3 Å². The summed E-state index contributed by atoms with van der Waals surface area (Å²) >= 11 is 1.47. The summed E-state index contributed by atoms with van der Waals surface area (Å²) < 4.78 is 13.9. The van der Waals surface area contributed by atoms with Crippen molar-refractivity contribution in [3.63, 3.8) is 0 Å². The highest BCUT2D eigenvalue weighted by Crippen LogP contribution is 2.26. The van der Waals surface area contributed by atoms with Crippen LogP contribution in [-0.4, -0.2) is 11.8 Å². The number of rotatable bonds is 8. The summed E-state index contributed by atoms with van der Waals surface area (Å²) in [6.45, 7) is 1.98. The molecule has 4 nitrogen and oxygen atoms in total. The number of amides is 2. The Morgan fingerprint density at radius 3 is 2.33 bits per heavy atom. The van der Waals surface area contributed by atoms with Crippen molar-refractivity contribution in [3.05, 3.63) is 137 Å². The van der Waals surface area contributed by atoms with E-state index in [0.717, 1.165) is 16.0 Å². The molecule has 0 aliphatic carbocycles. The molecule has 0 spiro atoms. The maximum absolute atomic E-state index is 13.9. The minimum atomic E-state index is -0.448. The van der Waals surface area contributed by atoms with Gasteiger partial charge in [-0.05, 0) is 60.5 Å². The van der Waals surface area contributed by atoms with Gasteiger partial charge < -0.3 is 10.6 Å². The molecule has 0 aliphatic heterocycles. The Hall–Kier alpha value is -4.16. The minimum absolute atomic E-state index is 0.122. The number of hydrogen-bond acceptors (Lipinski definition) is 3. The van der Waals surface area contributed by atoms with Gasteiger partial charge in [-0.3, -0.25) is 9.59 Å². The van der Waals surface area contributed by atoms with Crippen LogP contribution < -0.4 is 10.6 Å². The van der Waals surface area contributed by atoms with Crippen LogP contribution in [0, 0.1) is 12.7 Å². The smallest absolute Gasteiger partial charge is 0.272 e. The maximum Gasteiger partial charge on any atom is 0.272 e. The highest BCUT2D eigenvalue weighted by Gasteiger charge is 2.15. The van der Waals surface area contributed by atoms with Gasteiger partial charge in [-0.25, -0.2) is 4.39 Å². The number of nitrogens with one attached hydrogen (secondary N) is 2. The Bertz CT molecular complexity index is 1390. The molecule has 6 heteroatoms. The first-order valence-electron chi connectivity index (χ1n) is 11.4.